The van der Waals surface area contributed by atoms with E-state index < -0.39 is 0 Å². The van der Waals surface area contributed by atoms with Crippen molar-refractivity contribution in [3.63, 3.8) is 0 Å². The van der Waals surface area contributed by atoms with Crippen LogP contribution in [0.25, 0.3) is 28.0 Å². The summed E-state index contributed by atoms with van der Waals surface area (Å²) in [5.41, 5.74) is 4.69. The zero-order chi connectivity index (χ0) is 22.2. The van der Waals surface area contributed by atoms with Gasteiger partial charge in [0.05, 0.1) is 22.2 Å². The van der Waals surface area contributed by atoms with Crippen molar-refractivity contribution >= 4 is 23.2 Å². The molecule has 0 amide bonds. The van der Waals surface area contributed by atoms with E-state index in [4.69, 9.17) is 26.7 Å². The Morgan fingerprint density at radius 2 is 1.88 bits per heavy atom. The lowest BCUT2D eigenvalue weighted by molar-refractivity contribution is 0.420. The van der Waals surface area contributed by atoms with Crippen LogP contribution in [-0.2, 0) is 0 Å². The van der Waals surface area contributed by atoms with E-state index in [0.29, 0.717) is 22.5 Å². The summed E-state index contributed by atoms with van der Waals surface area (Å²) >= 11 is 6.57. The molecule has 0 radical (unpaired) electrons. The molecule has 160 valence electrons. The Kier molecular flexibility index (Phi) is 5.25. The Hall–Kier alpha value is -3.47. The summed E-state index contributed by atoms with van der Waals surface area (Å²) in [7, 11) is 0. The predicted octanol–water partition coefficient (Wildman–Crippen LogP) is 4.09. The van der Waals surface area contributed by atoms with E-state index in [-0.39, 0.29) is 0 Å². The van der Waals surface area contributed by atoms with E-state index in [2.05, 4.69) is 23.2 Å². The normalized spacial score (nSPS) is 13.9. The topological polar surface area (TPSA) is 82.1 Å². The molecule has 0 aliphatic carbocycles. The van der Waals surface area contributed by atoms with Crippen LogP contribution < -0.4 is 10.2 Å². The fraction of sp³-hybridized carbons (Fsp3) is 0.250. The molecule has 4 aromatic rings. The maximum absolute atomic E-state index is 9.21. The molecule has 0 bridgehead atoms. The number of rotatable bonds is 5. The van der Waals surface area contributed by atoms with Crippen LogP contribution in [0.1, 0.15) is 18.3 Å². The van der Waals surface area contributed by atoms with E-state index >= 15 is 0 Å². The number of anilines is 1. The smallest absolute Gasteiger partial charge is 0.230 e. The number of nitrogens with one attached hydrogen (secondary N) is 1. The number of nitriles is 1. The molecule has 32 heavy (non-hydrogen) atoms. The Morgan fingerprint density at radius 1 is 1.12 bits per heavy atom. The quantitative estimate of drug-likeness (QED) is 0.500. The first-order valence-corrected chi connectivity index (χ1v) is 11.0. The molecule has 3 heterocycles. The van der Waals surface area contributed by atoms with Crippen molar-refractivity contribution in [1.29, 1.82) is 5.26 Å². The summed E-state index contributed by atoms with van der Waals surface area (Å²) < 4.78 is 1.82. The van der Waals surface area contributed by atoms with Crippen LogP contribution in [0.4, 0.5) is 5.95 Å². The van der Waals surface area contributed by atoms with Gasteiger partial charge in [-0.05, 0) is 37.2 Å². The van der Waals surface area contributed by atoms with Gasteiger partial charge in [0, 0.05) is 24.7 Å². The molecular weight excluding hydrogens is 422 g/mol. The minimum Gasteiger partial charge on any atom is -0.337 e. The lowest BCUT2D eigenvalue weighted by atomic mass is 10.00. The number of likely N-dealkylation sites (N-methyl/N-ethyl adjacent to an activating group) is 1. The first-order valence-electron chi connectivity index (χ1n) is 10.6. The van der Waals surface area contributed by atoms with Gasteiger partial charge in [-0.2, -0.15) is 19.9 Å². The molecule has 0 spiro atoms. The number of benzene rings is 2. The Labute approximate surface area is 191 Å². The molecule has 7 nitrogen and oxygen atoms in total. The fourth-order valence-electron chi connectivity index (χ4n) is 4.11. The van der Waals surface area contributed by atoms with Crippen LogP contribution in [0.5, 0.6) is 0 Å². The van der Waals surface area contributed by atoms with E-state index in [1.807, 2.05) is 47.8 Å². The highest BCUT2D eigenvalue weighted by Crippen LogP contribution is 2.38. The standard InChI is InChI=1S/C24H22ClN7/c1-3-27-18-13-31(14-18)24-29-15(2)28-23-21(17-10-8-16(12-26)9-11-17)22(30-32(23)24)19-6-4-5-7-20(19)25/h4-11,18,27H,3,13-14H2,1-2H3. The largest absolute Gasteiger partial charge is 0.337 e. The maximum Gasteiger partial charge on any atom is 0.230 e. The second-order valence-corrected chi connectivity index (χ2v) is 8.27. The molecule has 0 unspecified atom stereocenters. The highest BCUT2D eigenvalue weighted by molar-refractivity contribution is 6.33. The van der Waals surface area contributed by atoms with Crippen LogP contribution in [0.3, 0.4) is 0 Å². The zero-order valence-electron chi connectivity index (χ0n) is 17.9. The molecule has 0 saturated carbocycles. The highest BCUT2D eigenvalue weighted by atomic mass is 35.5. The van der Waals surface area contributed by atoms with Gasteiger partial charge in [0.1, 0.15) is 11.5 Å². The molecule has 1 aliphatic rings. The lowest BCUT2D eigenvalue weighted by Gasteiger charge is -2.40. The number of aromatic nitrogens is 4. The van der Waals surface area contributed by atoms with Crippen molar-refractivity contribution in [2.24, 2.45) is 0 Å². The molecule has 1 fully saturated rings. The average Bonchev–Trinajstić information content (AvgIpc) is 3.15. The van der Waals surface area contributed by atoms with Gasteiger partial charge >= 0.3 is 0 Å². The maximum atomic E-state index is 9.21. The van der Waals surface area contributed by atoms with E-state index in [1.54, 1.807) is 12.1 Å². The summed E-state index contributed by atoms with van der Waals surface area (Å²) in [6.07, 6.45) is 0. The van der Waals surface area contributed by atoms with Crippen LogP contribution in [0.15, 0.2) is 48.5 Å². The lowest BCUT2D eigenvalue weighted by Crippen LogP contribution is -2.58. The van der Waals surface area contributed by atoms with Crippen molar-refractivity contribution in [2.45, 2.75) is 19.9 Å². The number of halogens is 1. The fourth-order valence-corrected chi connectivity index (χ4v) is 4.33. The van der Waals surface area contributed by atoms with Gasteiger partial charge in [-0.1, -0.05) is 48.9 Å². The van der Waals surface area contributed by atoms with Crippen LogP contribution >= 0.6 is 11.6 Å². The Balaban J connectivity index is 1.73. The number of aryl methyl sites for hydroxylation is 1. The van der Waals surface area contributed by atoms with Crippen molar-refractivity contribution in [1.82, 2.24) is 24.9 Å². The van der Waals surface area contributed by atoms with Gasteiger partial charge in [-0.25, -0.2) is 4.98 Å². The van der Waals surface area contributed by atoms with Gasteiger partial charge in [-0.15, -0.1) is 0 Å². The minimum atomic E-state index is 0.446. The zero-order valence-corrected chi connectivity index (χ0v) is 18.6. The van der Waals surface area contributed by atoms with E-state index in [9.17, 15) is 5.26 Å². The highest BCUT2D eigenvalue weighted by Gasteiger charge is 2.31. The van der Waals surface area contributed by atoms with Gasteiger partial charge in [0.25, 0.3) is 0 Å². The van der Waals surface area contributed by atoms with Crippen molar-refractivity contribution < 1.29 is 0 Å². The van der Waals surface area contributed by atoms with E-state index in [1.165, 1.54) is 0 Å². The molecule has 8 heteroatoms. The minimum absolute atomic E-state index is 0.446. The number of hydrogen-bond donors (Lipinski definition) is 1. The third-order valence-corrected chi connectivity index (χ3v) is 6.00. The molecule has 1 saturated heterocycles. The molecule has 1 aliphatic heterocycles. The molecule has 5 rings (SSSR count). The van der Waals surface area contributed by atoms with Gasteiger partial charge in [0.2, 0.25) is 5.95 Å². The molecule has 2 aromatic carbocycles. The summed E-state index contributed by atoms with van der Waals surface area (Å²) in [6.45, 7) is 6.69. The molecule has 2 aromatic heterocycles. The van der Waals surface area contributed by atoms with E-state index in [0.717, 1.165) is 53.6 Å². The number of nitrogens with zero attached hydrogens (tertiary/aromatic N) is 6. The summed E-state index contributed by atoms with van der Waals surface area (Å²) in [4.78, 5) is 11.7. The third-order valence-electron chi connectivity index (χ3n) is 5.67. The Bertz CT molecular complexity index is 1330. The average molecular weight is 444 g/mol. The van der Waals surface area contributed by atoms with Crippen LogP contribution in [-0.4, -0.2) is 45.3 Å². The van der Waals surface area contributed by atoms with Gasteiger partial charge in [-0.3, -0.25) is 0 Å². The third kappa shape index (κ3) is 3.48. The second kappa shape index (κ2) is 8.23. The SMILES string of the molecule is CCNC1CN(c2nc(C)nc3c(-c4ccc(C#N)cc4)c(-c4ccccc4Cl)nn23)C1. The van der Waals surface area contributed by atoms with Crippen LogP contribution in [0.2, 0.25) is 5.02 Å². The summed E-state index contributed by atoms with van der Waals surface area (Å²) in [5, 5.41) is 18.3. The first-order chi connectivity index (χ1) is 15.6. The number of fused-ring (bicyclic) bond motifs is 1. The molecular formula is C24H22ClN7. The van der Waals surface area contributed by atoms with Gasteiger partial charge in [0.15, 0.2) is 5.65 Å². The molecule has 0 atom stereocenters. The predicted molar refractivity (Wildman–Crippen MR) is 126 cm³/mol. The van der Waals surface area contributed by atoms with Gasteiger partial charge < -0.3 is 10.2 Å². The Morgan fingerprint density at radius 3 is 2.56 bits per heavy atom. The summed E-state index contributed by atoms with van der Waals surface area (Å²) in [5.74, 6) is 1.45. The first kappa shape index (κ1) is 20.4. The monoisotopic (exact) mass is 443 g/mol. The van der Waals surface area contributed by atoms with Crippen molar-refractivity contribution in [3.8, 4) is 28.5 Å². The van der Waals surface area contributed by atoms with Crippen LogP contribution in [0, 0.1) is 18.3 Å². The summed E-state index contributed by atoms with van der Waals surface area (Å²) in [6, 6.07) is 17.8. The second-order valence-electron chi connectivity index (χ2n) is 7.86. The number of hydrogen-bond acceptors (Lipinski definition) is 6. The van der Waals surface area contributed by atoms with Crippen molar-refractivity contribution in [3.05, 3.63) is 64.9 Å². The van der Waals surface area contributed by atoms with Crippen molar-refractivity contribution in [2.75, 3.05) is 24.5 Å². The molecule has 1 N–H and O–H groups in total.